The molecule has 0 atom stereocenters. The lowest BCUT2D eigenvalue weighted by Crippen LogP contribution is -2.46. The lowest BCUT2D eigenvalue weighted by molar-refractivity contribution is 0.245. The van der Waals surface area contributed by atoms with E-state index in [1.54, 1.807) is 25.6 Å². The van der Waals surface area contributed by atoms with E-state index in [4.69, 9.17) is 4.74 Å². The minimum Gasteiger partial charge on any atom is -0.496 e. The van der Waals surface area contributed by atoms with E-state index >= 15 is 0 Å². The molecule has 4 rings (SSSR count). The normalized spacial score (nSPS) is 15.3. The third-order valence-electron chi connectivity index (χ3n) is 5.08. The maximum Gasteiger partial charge on any atom is 0.139 e. The van der Waals surface area contributed by atoms with Crippen LogP contribution in [-0.2, 0) is 6.54 Å². The molecule has 5 nitrogen and oxygen atoms in total. The molecule has 2 heterocycles. The summed E-state index contributed by atoms with van der Waals surface area (Å²) in [7, 11) is 1.62. The number of benzene rings is 2. The summed E-state index contributed by atoms with van der Waals surface area (Å²) in [5.41, 5.74) is 3.06. The highest BCUT2D eigenvalue weighted by atomic mass is 19.1. The van der Waals surface area contributed by atoms with Gasteiger partial charge in [-0.15, -0.1) is 0 Å². The van der Waals surface area contributed by atoms with Crippen LogP contribution in [0.3, 0.4) is 0 Å². The first kappa shape index (κ1) is 17.7. The Balaban J connectivity index is 1.48. The van der Waals surface area contributed by atoms with E-state index in [9.17, 15) is 4.39 Å². The molecule has 0 saturated carbocycles. The molecule has 1 fully saturated rings. The molecule has 0 spiro atoms. The molecule has 2 aromatic carbocycles. The largest absolute Gasteiger partial charge is 0.496 e. The van der Waals surface area contributed by atoms with Crippen LogP contribution in [0.4, 0.5) is 10.2 Å². The van der Waals surface area contributed by atoms with E-state index < -0.39 is 0 Å². The van der Waals surface area contributed by atoms with Gasteiger partial charge in [-0.3, -0.25) is 4.90 Å². The van der Waals surface area contributed by atoms with Gasteiger partial charge in [-0.2, -0.15) is 0 Å². The first-order valence-electron chi connectivity index (χ1n) is 9.15. The fourth-order valence-corrected chi connectivity index (χ4v) is 3.64. The van der Waals surface area contributed by atoms with Gasteiger partial charge in [0, 0.05) is 43.7 Å². The average molecular weight is 366 g/mol. The summed E-state index contributed by atoms with van der Waals surface area (Å²) in [6.45, 7) is 6.28. The Hall–Kier alpha value is -2.73. The first-order valence-corrected chi connectivity index (χ1v) is 9.15. The second kappa shape index (κ2) is 7.48. The Labute approximate surface area is 158 Å². The van der Waals surface area contributed by atoms with Crippen molar-refractivity contribution < 1.29 is 9.13 Å². The van der Waals surface area contributed by atoms with Crippen molar-refractivity contribution in [2.45, 2.75) is 13.5 Å². The molecule has 0 radical (unpaired) electrons. The highest BCUT2D eigenvalue weighted by molar-refractivity contribution is 5.89. The quantitative estimate of drug-likeness (QED) is 0.708. The molecule has 0 bridgehead atoms. The summed E-state index contributed by atoms with van der Waals surface area (Å²) in [5.74, 6) is 1.50. The molecule has 0 N–H and O–H groups in total. The highest BCUT2D eigenvalue weighted by Crippen LogP contribution is 2.26. The van der Waals surface area contributed by atoms with Crippen molar-refractivity contribution in [3.05, 3.63) is 59.7 Å². The van der Waals surface area contributed by atoms with Crippen LogP contribution < -0.4 is 9.64 Å². The number of rotatable bonds is 4. The number of halogens is 1. The van der Waals surface area contributed by atoms with Crippen molar-refractivity contribution in [3.63, 3.8) is 0 Å². The van der Waals surface area contributed by atoms with E-state index in [1.165, 1.54) is 11.6 Å². The van der Waals surface area contributed by atoms with E-state index in [0.717, 1.165) is 54.2 Å². The Morgan fingerprint density at radius 2 is 1.85 bits per heavy atom. The van der Waals surface area contributed by atoms with Gasteiger partial charge >= 0.3 is 0 Å². The highest BCUT2D eigenvalue weighted by Gasteiger charge is 2.21. The Kier molecular flexibility index (Phi) is 4.90. The first-order chi connectivity index (χ1) is 13.1. The number of methoxy groups -OCH3 is 1. The van der Waals surface area contributed by atoms with Gasteiger partial charge in [-0.25, -0.2) is 14.4 Å². The number of nitrogens with zero attached hydrogens (tertiary/aromatic N) is 4. The van der Waals surface area contributed by atoms with Crippen LogP contribution in [0.15, 0.2) is 42.7 Å². The molecular weight excluding hydrogens is 343 g/mol. The summed E-state index contributed by atoms with van der Waals surface area (Å²) >= 11 is 0. The van der Waals surface area contributed by atoms with E-state index in [2.05, 4.69) is 38.8 Å². The van der Waals surface area contributed by atoms with Crippen LogP contribution >= 0.6 is 0 Å². The second-order valence-electron chi connectivity index (χ2n) is 6.94. The average Bonchev–Trinajstić information content (AvgIpc) is 2.68. The third-order valence-corrected chi connectivity index (χ3v) is 5.08. The minimum absolute atomic E-state index is 0.229. The van der Waals surface area contributed by atoms with E-state index in [-0.39, 0.29) is 5.82 Å². The van der Waals surface area contributed by atoms with Gasteiger partial charge in [0.15, 0.2) is 0 Å². The van der Waals surface area contributed by atoms with Gasteiger partial charge in [-0.05, 0) is 37.3 Å². The van der Waals surface area contributed by atoms with Crippen molar-refractivity contribution in [1.29, 1.82) is 0 Å². The van der Waals surface area contributed by atoms with Crippen LogP contribution in [0.25, 0.3) is 10.9 Å². The minimum atomic E-state index is -0.229. The smallest absolute Gasteiger partial charge is 0.139 e. The maximum atomic E-state index is 13.6. The second-order valence-corrected chi connectivity index (χ2v) is 6.94. The molecule has 0 aliphatic carbocycles. The third kappa shape index (κ3) is 3.71. The monoisotopic (exact) mass is 366 g/mol. The summed E-state index contributed by atoms with van der Waals surface area (Å²) in [4.78, 5) is 13.6. The van der Waals surface area contributed by atoms with E-state index in [0.29, 0.717) is 6.54 Å². The Morgan fingerprint density at radius 3 is 2.63 bits per heavy atom. The van der Waals surface area contributed by atoms with Crippen LogP contribution in [0.5, 0.6) is 5.75 Å². The number of hydrogen-bond donors (Lipinski definition) is 0. The molecule has 27 heavy (non-hydrogen) atoms. The molecule has 3 aromatic rings. The molecule has 140 valence electrons. The number of anilines is 1. The molecular formula is C21H23FN4O. The molecule has 1 aliphatic rings. The molecule has 1 saturated heterocycles. The van der Waals surface area contributed by atoms with Crippen molar-refractivity contribution in [2.24, 2.45) is 0 Å². The van der Waals surface area contributed by atoms with Crippen LogP contribution in [0, 0.1) is 12.7 Å². The number of hydrogen-bond acceptors (Lipinski definition) is 5. The predicted octanol–water partition coefficient (Wildman–Crippen LogP) is 3.41. The van der Waals surface area contributed by atoms with Crippen LogP contribution in [-0.4, -0.2) is 48.2 Å². The summed E-state index contributed by atoms with van der Waals surface area (Å²) < 4.78 is 19.0. The fourth-order valence-electron chi connectivity index (χ4n) is 3.64. The molecule has 6 heteroatoms. The van der Waals surface area contributed by atoms with Crippen molar-refractivity contribution in [3.8, 4) is 5.75 Å². The van der Waals surface area contributed by atoms with Gasteiger partial charge in [0.1, 0.15) is 23.7 Å². The molecule has 1 aliphatic heterocycles. The van der Waals surface area contributed by atoms with Crippen molar-refractivity contribution >= 4 is 16.7 Å². The SMILES string of the molecule is COc1ccc(F)cc1CN1CCN(c2ncnc3ccc(C)cc23)CC1. The zero-order chi connectivity index (χ0) is 18.8. The summed E-state index contributed by atoms with van der Waals surface area (Å²) in [6, 6.07) is 10.9. The van der Waals surface area contributed by atoms with Gasteiger partial charge in [0.05, 0.1) is 12.6 Å². The topological polar surface area (TPSA) is 41.5 Å². The molecule has 0 amide bonds. The Morgan fingerprint density at radius 1 is 1.04 bits per heavy atom. The van der Waals surface area contributed by atoms with Crippen molar-refractivity contribution in [1.82, 2.24) is 14.9 Å². The Bertz CT molecular complexity index is 954. The lowest BCUT2D eigenvalue weighted by Gasteiger charge is -2.36. The van der Waals surface area contributed by atoms with Crippen LogP contribution in [0.1, 0.15) is 11.1 Å². The maximum absolute atomic E-state index is 13.6. The number of fused-ring (bicyclic) bond motifs is 1. The number of piperazine rings is 1. The molecule has 1 aromatic heterocycles. The van der Waals surface area contributed by atoms with Gasteiger partial charge in [0.2, 0.25) is 0 Å². The van der Waals surface area contributed by atoms with Crippen molar-refractivity contribution in [2.75, 3.05) is 38.2 Å². The number of aromatic nitrogens is 2. The van der Waals surface area contributed by atoms with Gasteiger partial charge < -0.3 is 9.64 Å². The molecule has 0 unspecified atom stereocenters. The standard InChI is InChI=1S/C21H23FN4O/c1-15-3-5-19-18(11-15)21(24-14-23-19)26-9-7-25(8-10-26)13-16-12-17(22)4-6-20(16)27-2/h3-6,11-12,14H,7-10,13H2,1-2H3. The fraction of sp³-hybridized carbons (Fsp3) is 0.333. The van der Waals surface area contributed by atoms with Gasteiger partial charge in [0.25, 0.3) is 0 Å². The number of aryl methyl sites for hydroxylation is 1. The summed E-state index contributed by atoms with van der Waals surface area (Å²) in [5, 5.41) is 1.10. The van der Waals surface area contributed by atoms with Crippen LogP contribution in [0.2, 0.25) is 0 Å². The predicted molar refractivity (Wildman–Crippen MR) is 105 cm³/mol. The van der Waals surface area contributed by atoms with E-state index in [1.807, 2.05) is 6.07 Å². The lowest BCUT2D eigenvalue weighted by atomic mass is 10.1. The summed E-state index contributed by atoms with van der Waals surface area (Å²) in [6.07, 6.45) is 1.64. The van der Waals surface area contributed by atoms with Gasteiger partial charge in [-0.1, -0.05) is 11.6 Å². The zero-order valence-electron chi connectivity index (χ0n) is 15.7. The number of ether oxygens (including phenoxy) is 1. The zero-order valence-corrected chi connectivity index (χ0v) is 15.7.